The summed E-state index contributed by atoms with van der Waals surface area (Å²) < 4.78 is 0. The lowest BCUT2D eigenvalue weighted by atomic mass is 10.2. The number of nitrogens with two attached hydrogens (primary N) is 1. The maximum absolute atomic E-state index is 11.5. The molecule has 0 aliphatic rings. The van der Waals surface area contributed by atoms with Crippen molar-refractivity contribution in [2.24, 2.45) is 0 Å². The molecule has 1 heterocycles. The Balaban J connectivity index is 3.02. The van der Waals surface area contributed by atoms with Gasteiger partial charge in [-0.25, -0.2) is 0 Å². The van der Waals surface area contributed by atoms with Crippen LogP contribution in [-0.2, 0) is 0 Å². The lowest BCUT2D eigenvalue weighted by Crippen LogP contribution is -2.12. The maximum atomic E-state index is 11.5. The van der Waals surface area contributed by atoms with Crippen LogP contribution in [0.1, 0.15) is 0 Å². The van der Waals surface area contributed by atoms with E-state index in [4.69, 9.17) is 28.9 Å². The van der Waals surface area contributed by atoms with Crippen molar-refractivity contribution in [3.05, 3.63) is 32.4 Å². The molecule has 2 rings (SSSR count). The molecule has 1 aromatic heterocycles. The monoisotopic (exact) mass is 229 g/mol. The van der Waals surface area contributed by atoms with Crippen LogP contribution in [0.3, 0.4) is 0 Å². The standard InChI is InChI=1S/C8H5Cl2N3O/c9-4-2-1-3-6(5(4)10)12-13-8(11)7(3)14/h1-2H,(H2,11,13)(H,12,14). The summed E-state index contributed by atoms with van der Waals surface area (Å²) in [6.45, 7) is 0. The van der Waals surface area contributed by atoms with E-state index >= 15 is 0 Å². The Hall–Kier alpha value is -1.26. The summed E-state index contributed by atoms with van der Waals surface area (Å²) >= 11 is 11.6. The third kappa shape index (κ3) is 1.23. The van der Waals surface area contributed by atoms with Crippen LogP contribution < -0.4 is 11.2 Å². The zero-order valence-electron chi connectivity index (χ0n) is 6.84. The van der Waals surface area contributed by atoms with Crippen LogP contribution in [0.2, 0.25) is 10.0 Å². The van der Waals surface area contributed by atoms with Crippen LogP contribution in [0.5, 0.6) is 0 Å². The van der Waals surface area contributed by atoms with Gasteiger partial charge in [-0.2, -0.15) is 5.10 Å². The number of halogens is 2. The molecular weight excluding hydrogens is 225 g/mol. The molecule has 0 saturated heterocycles. The Bertz CT molecular complexity index is 564. The average Bonchev–Trinajstić information content (AvgIpc) is 2.17. The predicted octanol–water partition coefficient (Wildman–Crippen LogP) is 1.81. The van der Waals surface area contributed by atoms with Crippen LogP contribution in [0.15, 0.2) is 16.9 Å². The molecule has 0 spiro atoms. The number of nitrogen functional groups attached to an aromatic ring is 1. The second-order valence-electron chi connectivity index (χ2n) is 2.72. The summed E-state index contributed by atoms with van der Waals surface area (Å²) in [5.41, 5.74) is 5.39. The smallest absolute Gasteiger partial charge is 0.231 e. The van der Waals surface area contributed by atoms with Gasteiger partial charge in [0.25, 0.3) is 0 Å². The molecule has 0 aliphatic heterocycles. The first kappa shape index (κ1) is 9.30. The van der Waals surface area contributed by atoms with E-state index in [2.05, 4.69) is 10.2 Å². The van der Waals surface area contributed by atoms with Crippen LogP contribution >= 0.6 is 23.2 Å². The van der Waals surface area contributed by atoms with Crippen molar-refractivity contribution >= 4 is 39.9 Å². The molecule has 0 amide bonds. The molecule has 0 aliphatic carbocycles. The van der Waals surface area contributed by atoms with Gasteiger partial charge >= 0.3 is 0 Å². The van der Waals surface area contributed by atoms with Gasteiger partial charge in [0.2, 0.25) is 5.43 Å². The molecule has 3 N–H and O–H groups in total. The average molecular weight is 230 g/mol. The second kappa shape index (κ2) is 3.15. The number of benzene rings is 1. The summed E-state index contributed by atoms with van der Waals surface area (Å²) in [4.78, 5) is 11.5. The minimum Gasteiger partial charge on any atom is -0.379 e. The molecule has 4 nitrogen and oxygen atoms in total. The molecule has 14 heavy (non-hydrogen) atoms. The van der Waals surface area contributed by atoms with E-state index in [0.717, 1.165) is 0 Å². The molecule has 0 atom stereocenters. The number of hydrogen-bond donors (Lipinski definition) is 2. The SMILES string of the molecule is Nc1n[nH]c2c(Cl)c(Cl)ccc2c1=O. The van der Waals surface area contributed by atoms with Crippen LogP contribution in [0.4, 0.5) is 5.82 Å². The highest BCUT2D eigenvalue weighted by Crippen LogP contribution is 2.27. The van der Waals surface area contributed by atoms with Gasteiger partial charge in [0.05, 0.1) is 20.9 Å². The fraction of sp³-hybridized carbons (Fsp3) is 0. The first-order valence-electron chi connectivity index (χ1n) is 3.73. The Morgan fingerprint density at radius 1 is 1.36 bits per heavy atom. The molecule has 0 unspecified atom stereocenters. The predicted molar refractivity (Wildman–Crippen MR) is 56.8 cm³/mol. The summed E-state index contributed by atoms with van der Waals surface area (Å²) in [6.07, 6.45) is 0. The first-order chi connectivity index (χ1) is 6.61. The number of rotatable bonds is 0. The van der Waals surface area contributed by atoms with Gasteiger partial charge < -0.3 is 5.73 Å². The highest BCUT2D eigenvalue weighted by atomic mass is 35.5. The maximum Gasteiger partial charge on any atom is 0.231 e. The van der Waals surface area contributed by atoms with Crippen molar-refractivity contribution in [3.63, 3.8) is 0 Å². The van der Waals surface area contributed by atoms with E-state index in [1.807, 2.05) is 0 Å². The summed E-state index contributed by atoms with van der Waals surface area (Å²) in [7, 11) is 0. The van der Waals surface area contributed by atoms with Gasteiger partial charge in [-0.3, -0.25) is 9.89 Å². The van der Waals surface area contributed by atoms with Gasteiger partial charge in [-0.1, -0.05) is 23.2 Å². The van der Waals surface area contributed by atoms with Crippen molar-refractivity contribution in [1.29, 1.82) is 0 Å². The highest BCUT2D eigenvalue weighted by Gasteiger charge is 2.08. The summed E-state index contributed by atoms with van der Waals surface area (Å²) in [5.74, 6) is -0.0871. The zero-order valence-corrected chi connectivity index (χ0v) is 8.36. The minimum atomic E-state index is -0.350. The van der Waals surface area contributed by atoms with Crippen LogP contribution in [-0.4, -0.2) is 10.2 Å². The van der Waals surface area contributed by atoms with Gasteiger partial charge in [0.15, 0.2) is 5.82 Å². The van der Waals surface area contributed by atoms with Crippen molar-refractivity contribution in [1.82, 2.24) is 10.2 Å². The third-order valence-corrected chi connectivity index (χ3v) is 2.66. The van der Waals surface area contributed by atoms with Gasteiger partial charge in [0, 0.05) is 0 Å². The minimum absolute atomic E-state index is 0.0871. The van der Waals surface area contributed by atoms with Crippen molar-refractivity contribution in [2.45, 2.75) is 0 Å². The van der Waals surface area contributed by atoms with Gasteiger partial charge in [-0.15, -0.1) is 0 Å². The molecule has 0 fully saturated rings. The number of aromatic amines is 1. The number of anilines is 1. The molecular formula is C8H5Cl2N3O. The van der Waals surface area contributed by atoms with Crippen LogP contribution in [0.25, 0.3) is 10.9 Å². The van der Waals surface area contributed by atoms with E-state index in [-0.39, 0.29) is 16.3 Å². The summed E-state index contributed by atoms with van der Waals surface area (Å²) in [5, 5.41) is 7.20. The van der Waals surface area contributed by atoms with Crippen molar-refractivity contribution in [3.8, 4) is 0 Å². The fourth-order valence-corrected chi connectivity index (χ4v) is 1.52. The highest BCUT2D eigenvalue weighted by molar-refractivity contribution is 6.44. The van der Waals surface area contributed by atoms with Gasteiger partial charge in [-0.05, 0) is 12.1 Å². The second-order valence-corrected chi connectivity index (χ2v) is 3.51. The summed E-state index contributed by atoms with van der Waals surface area (Å²) in [6, 6.07) is 3.10. The van der Waals surface area contributed by atoms with E-state index in [0.29, 0.717) is 15.9 Å². The molecule has 0 radical (unpaired) electrons. The van der Waals surface area contributed by atoms with E-state index < -0.39 is 0 Å². The van der Waals surface area contributed by atoms with Crippen molar-refractivity contribution in [2.75, 3.05) is 5.73 Å². The quantitative estimate of drug-likeness (QED) is 0.724. The van der Waals surface area contributed by atoms with Gasteiger partial charge in [0.1, 0.15) is 0 Å². The molecule has 2 aromatic rings. The number of nitrogens with one attached hydrogen (secondary N) is 1. The lowest BCUT2D eigenvalue weighted by Gasteiger charge is -2.01. The topological polar surface area (TPSA) is 71.8 Å². The first-order valence-corrected chi connectivity index (χ1v) is 4.48. The molecule has 1 aromatic carbocycles. The molecule has 0 saturated carbocycles. The molecule has 6 heteroatoms. The number of aromatic nitrogens is 2. The third-order valence-electron chi connectivity index (χ3n) is 1.86. The number of hydrogen-bond acceptors (Lipinski definition) is 3. The largest absolute Gasteiger partial charge is 0.379 e. The Kier molecular flexibility index (Phi) is 2.09. The van der Waals surface area contributed by atoms with Crippen LogP contribution in [0, 0.1) is 0 Å². The van der Waals surface area contributed by atoms with E-state index in [1.54, 1.807) is 12.1 Å². The van der Waals surface area contributed by atoms with Crippen molar-refractivity contribution < 1.29 is 0 Å². The van der Waals surface area contributed by atoms with E-state index in [9.17, 15) is 4.79 Å². The molecule has 0 bridgehead atoms. The zero-order chi connectivity index (χ0) is 10.3. The Morgan fingerprint density at radius 3 is 2.79 bits per heavy atom. The van der Waals surface area contributed by atoms with E-state index in [1.165, 1.54) is 0 Å². The normalized spacial score (nSPS) is 10.7. The number of nitrogens with zero attached hydrogens (tertiary/aromatic N) is 1. The Morgan fingerprint density at radius 2 is 2.07 bits per heavy atom. The Labute approximate surface area is 88.6 Å². The lowest BCUT2D eigenvalue weighted by molar-refractivity contribution is 1.08. The number of fused-ring (bicyclic) bond motifs is 1. The molecule has 72 valence electrons. The number of H-pyrrole nitrogens is 1. The fourth-order valence-electron chi connectivity index (χ4n) is 1.15.